The van der Waals surface area contributed by atoms with Crippen LogP contribution >= 0.6 is 0 Å². The Morgan fingerprint density at radius 2 is 1.40 bits per heavy atom. The fourth-order valence-corrected chi connectivity index (χ4v) is 2.06. The van der Waals surface area contributed by atoms with Gasteiger partial charge in [0.15, 0.2) is 0 Å². The number of hydrogen-bond donors (Lipinski definition) is 4. The smallest absolute Gasteiger partial charge is 0.414 e. The van der Waals surface area contributed by atoms with Crippen molar-refractivity contribution in [2.75, 3.05) is 0 Å². The minimum absolute atomic E-state index is 0.151. The van der Waals surface area contributed by atoms with Crippen molar-refractivity contribution in [1.82, 2.24) is 10.6 Å². The number of aliphatic carboxylic acids is 1. The quantitative estimate of drug-likeness (QED) is 0.430. The molecule has 0 aliphatic rings. The molecule has 0 saturated carbocycles. The molecule has 1 atom stereocenters. The zero-order valence-electron chi connectivity index (χ0n) is 18.1. The molecule has 0 unspecified atom stereocenters. The van der Waals surface area contributed by atoms with Gasteiger partial charge in [0, 0.05) is 0 Å². The van der Waals surface area contributed by atoms with Crippen LogP contribution in [0.3, 0.4) is 0 Å². The molecule has 0 heterocycles. The number of carboxylic acids is 1. The van der Waals surface area contributed by atoms with Crippen molar-refractivity contribution in [3.05, 3.63) is 29.8 Å². The lowest BCUT2D eigenvalue weighted by Gasteiger charge is -2.22. The van der Waals surface area contributed by atoms with Gasteiger partial charge in [-0.05, 0) is 65.7 Å². The molecule has 0 aliphatic carbocycles. The van der Waals surface area contributed by atoms with Crippen LogP contribution in [0.2, 0.25) is 0 Å². The summed E-state index contributed by atoms with van der Waals surface area (Å²) in [5.41, 5.74) is 5.13. The van der Waals surface area contributed by atoms with Gasteiger partial charge in [-0.2, -0.15) is 0 Å². The van der Waals surface area contributed by atoms with E-state index in [4.69, 9.17) is 20.3 Å². The van der Waals surface area contributed by atoms with Crippen LogP contribution < -0.4 is 16.4 Å². The Balaban J connectivity index is 3.01. The van der Waals surface area contributed by atoms with Gasteiger partial charge in [-0.15, -0.1) is 0 Å². The number of alkyl carbamates (subject to hydrolysis) is 2. The molecule has 166 valence electrons. The van der Waals surface area contributed by atoms with Crippen molar-refractivity contribution in [2.24, 2.45) is 10.7 Å². The van der Waals surface area contributed by atoms with Crippen molar-refractivity contribution >= 4 is 29.8 Å². The largest absolute Gasteiger partial charge is 0.480 e. The van der Waals surface area contributed by atoms with Crippen LogP contribution in [0, 0.1) is 0 Å². The minimum Gasteiger partial charge on any atom is -0.480 e. The predicted octanol–water partition coefficient (Wildman–Crippen LogP) is 2.68. The summed E-state index contributed by atoms with van der Waals surface area (Å²) >= 11 is 0. The average Bonchev–Trinajstić information content (AvgIpc) is 2.52. The SMILES string of the molecule is CC(C)(C)OC(=O)NC(=Nc1ccc(C[C@H](N)C(=O)O)cc1)NC(=O)OC(C)(C)C. The van der Waals surface area contributed by atoms with Crippen molar-refractivity contribution in [3.63, 3.8) is 0 Å². The third-order valence-electron chi connectivity index (χ3n) is 3.19. The van der Waals surface area contributed by atoms with Gasteiger partial charge < -0.3 is 20.3 Å². The van der Waals surface area contributed by atoms with Crippen LogP contribution in [0.5, 0.6) is 0 Å². The number of nitrogens with zero attached hydrogens (tertiary/aromatic N) is 1. The van der Waals surface area contributed by atoms with Crippen LogP contribution in [0.4, 0.5) is 15.3 Å². The first-order valence-corrected chi connectivity index (χ1v) is 9.30. The Kier molecular flexibility index (Phi) is 8.35. The molecule has 1 rings (SSSR count). The van der Waals surface area contributed by atoms with Crippen molar-refractivity contribution < 1.29 is 29.0 Å². The Morgan fingerprint density at radius 3 is 1.77 bits per heavy atom. The normalized spacial score (nSPS) is 12.4. The molecule has 2 amide bonds. The summed E-state index contributed by atoms with van der Waals surface area (Å²) in [5, 5.41) is 13.7. The third-order valence-corrected chi connectivity index (χ3v) is 3.19. The molecule has 0 fully saturated rings. The highest BCUT2D eigenvalue weighted by Gasteiger charge is 2.21. The number of carbonyl (C=O) groups excluding carboxylic acids is 2. The summed E-state index contributed by atoms with van der Waals surface area (Å²) < 4.78 is 10.4. The second-order valence-electron chi connectivity index (χ2n) is 8.53. The number of amides is 2. The van der Waals surface area contributed by atoms with E-state index in [1.165, 1.54) is 0 Å². The zero-order chi connectivity index (χ0) is 23.1. The molecule has 0 aliphatic heterocycles. The fraction of sp³-hybridized carbons (Fsp3) is 0.500. The number of benzene rings is 1. The zero-order valence-corrected chi connectivity index (χ0v) is 18.1. The number of carboxylic acid groups (broad SMARTS) is 1. The van der Waals surface area contributed by atoms with E-state index in [1.807, 2.05) is 0 Å². The molecule has 0 saturated heterocycles. The molecule has 0 aromatic heterocycles. The standard InChI is InChI=1S/C20H30N4O6/c1-19(2,3)29-17(27)23-16(24-18(28)30-20(4,5)6)22-13-9-7-12(8-10-13)11-14(21)15(25)26/h7-10,14H,11,21H2,1-6H3,(H,25,26)(H2,22,23,24,27,28)/t14-/m0/s1. The van der Waals surface area contributed by atoms with Crippen molar-refractivity contribution in [3.8, 4) is 0 Å². The minimum atomic E-state index is -1.09. The molecular formula is C20H30N4O6. The van der Waals surface area contributed by atoms with E-state index in [2.05, 4.69) is 15.6 Å². The molecule has 30 heavy (non-hydrogen) atoms. The van der Waals surface area contributed by atoms with E-state index in [-0.39, 0.29) is 12.4 Å². The molecule has 0 bridgehead atoms. The van der Waals surface area contributed by atoms with Gasteiger partial charge in [-0.3, -0.25) is 15.4 Å². The van der Waals surface area contributed by atoms with Gasteiger partial charge in [0.25, 0.3) is 0 Å². The monoisotopic (exact) mass is 422 g/mol. The fourth-order valence-electron chi connectivity index (χ4n) is 2.06. The Hall–Kier alpha value is -3.14. The lowest BCUT2D eigenvalue weighted by molar-refractivity contribution is -0.138. The first kappa shape index (κ1) is 24.9. The lowest BCUT2D eigenvalue weighted by atomic mass is 10.1. The second-order valence-corrected chi connectivity index (χ2v) is 8.53. The van der Waals surface area contributed by atoms with Crippen molar-refractivity contribution in [1.29, 1.82) is 0 Å². The van der Waals surface area contributed by atoms with Gasteiger partial charge in [0.1, 0.15) is 17.2 Å². The van der Waals surface area contributed by atoms with Crippen LogP contribution in [0.1, 0.15) is 47.1 Å². The van der Waals surface area contributed by atoms with E-state index in [9.17, 15) is 14.4 Å². The highest BCUT2D eigenvalue weighted by Crippen LogP contribution is 2.15. The van der Waals surface area contributed by atoms with E-state index in [1.54, 1.807) is 65.8 Å². The van der Waals surface area contributed by atoms with E-state index in [0.717, 1.165) is 0 Å². The van der Waals surface area contributed by atoms with Crippen LogP contribution in [0.25, 0.3) is 0 Å². The van der Waals surface area contributed by atoms with Crippen LogP contribution in [-0.2, 0) is 20.7 Å². The Bertz CT molecular complexity index is 759. The van der Waals surface area contributed by atoms with E-state index in [0.29, 0.717) is 11.3 Å². The first-order valence-electron chi connectivity index (χ1n) is 9.30. The third kappa shape index (κ3) is 10.4. The number of nitrogens with one attached hydrogen (secondary N) is 2. The number of rotatable bonds is 4. The summed E-state index contributed by atoms with van der Waals surface area (Å²) in [5.74, 6) is -1.28. The van der Waals surface area contributed by atoms with Gasteiger partial charge in [0.2, 0.25) is 5.96 Å². The molecule has 0 spiro atoms. The van der Waals surface area contributed by atoms with Gasteiger partial charge in [0.05, 0.1) is 5.69 Å². The number of carbonyl (C=O) groups is 3. The van der Waals surface area contributed by atoms with Gasteiger partial charge in [-0.1, -0.05) is 12.1 Å². The predicted molar refractivity (Wildman–Crippen MR) is 112 cm³/mol. The van der Waals surface area contributed by atoms with Gasteiger partial charge in [-0.25, -0.2) is 14.6 Å². The maximum Gasteiger partial charge on any atom is 0.414 e. The molecule has 1 aromatic rings. The molecular weight excluding hydrogens is 392 g/mol. The number of ether oxygens (including phenoxy) is 2. The van der Waals surface area contributed by atoms with Crippen LogP contribution in [-0.4, -0.2) is 46.5 Å². The average molecular weight is 422 g/mol. The Labute approximate surface area is 175 Å². The topological polar surface area (TPSA) is 152 Å². The maximum atomic E-state index is 12.1. The highest BCUT2D eigenvalue weighted by atomic mass is 16.6. The summed E-state index contributed by atoms with van der Waals surface area (Å²) in [4.78, 5) is 39.2. The summed E-state index contributed by atoms with van der Waals surface area (Å²) in [6.07, 6.45) is -1.46. The number of aliphatic imine (C=N–C) groups is 1. The summed E-state index contributed by atoms with van der Waals surface area (Å²) in [7, 11) is 0. The van der Waals surface area contributed by atoms with E-state index >= 15 is 0 Å². The lowest BCUT2D eigenvalue weighted by Crippen LogP contribution is -2.47. The maximum absolute atomic E-state index is 12.1. The van der Waals surface area contributed by atoms with Crippen LogP contribution in [0.15, 0.2) is 29.3 Å². The molecule has 5 N–H and O–H groups in total. The molecule has 1 aromatic carbocycles. The molecule has 10 heteroatoms. The number of hydrogen-bond acceptors (Lipinski definition) is 7. The number of guanidine groups is 1. The van der Waals surface area contributed by atoms with Crippen molar-refractivity contribution in [2.45, 2.75) is 65.2 Å². The first-order chi connectivity index (χ1) is 13.6. The highest BCUT2D eigenvalue weighted by molar-refractivity contribution is 6.02. The Morgan fingerprint density at radius 1 is 0.967 bits per heavy atom. The number of nitrogens with two attached hydrogens (primary N) is 1. The van der Waals surface area contributed by atoms with E-state index < -0.39 is 35.4 Å². The summed E-state index contributed by atoms with van der Waals surface area (Å²) in [6, 6.07) is 5.48. The second kappa shape index (κ2) is 10.1. The van der Waals surface area contributed by atoms with Gasteiger partial charge >= 0.3 is 18.2 Å². The molecule has 10 nitrogen and oxygen atoms in total. The summed E-state index contributed by atoms with van der Waals surface area (Å²) in [6.45, 7) is 10.2. The molecule has 0 radical (unpaired) electrons.